The number of allylic oxidation sites excluding steroid dienone is 1. The van der Waals surface area contributed by atoms with Crippen molar-refractivity contribution in [2.45, 2.75) is 13.8 Å². The predicted octanol–water partition coefficient (Wildman–Crippen LogP) is 1.04. The van der Waals surface area contributed by atoms with Gasteiger partial charge in [-0.25, -0.2) is 4.79 Å². The van der Waals surface area contributed by atoms with Gasteiger partial charge < -0.3 is 5.11 Å². The molecule has 0 aliphatic rings. The average molecular weight is 103 g/mol. The third-order valence-electron chi connectivity index (χ3n) is 0.519. The Bertz CT molecular complexity index is 168. The quantitative estimate of drug-likeness (QED) is 0.503. The zero-order chi connectivity index (χ0) is 8.36. The van der Waals surface area contributed by atoms with Crippen LogP contribution in [0.25, 0.3) is 0 Å². The number of rotatable bonds is 1. The second-order valence-corrected chi connectivity index (χ2v) is 1.01. The lowest BCUT2D eigenvalue weighted by molar-refractivity contribution is -0.132. The molecular formula is C5H8O2. The van der Waals surface area contributed by atoms with E-state index in [2.05, 4.69) is 0 Å². The van der Waals surface area contributed by atoms with Crippen LogP contribution in [-0.2, 0) is 4.79 Å². The van der Waals surface area contributed by atoms with Gasteiger partial charge in [-0.2, -0.15) is 0 Å². The number of carboxylic acid groups (broad SMARTS) is 1. The molecule has 0 atom stereocenters. The molecule has 40 valence electrons. The molecule has 0 amide bonds. The van der Waals surface area contributed by atoms with Gasteiger partial charge in [0, 0.05) is 9.69 Å². The van der Waals surface area contributed by atoms with Crippen molar-refractivity contribution in [3.8, 4) is 0 Å². The molecule has 0 bridgehead atoms. The first-order valence-corrected chi connectivity index (χ1v) is 1.79. The fourth-order valence-corrected chi connectivity index (χ4v) is 0.123. The Labute approximate surface area is 46.7 Å². The number of aliphatic carboxylic acids is 1. The molecule has 0 aromatic heterocycles. The average Bonchev–Trinajstić information content (AvgIpc) is 1.60. The maximum atomic E-state index is 10.1. The summed E-state index contributed by atoms with van der Waals surface area (Å²) in [7, 11) is 0. The van der Waals surface area contributed by atoms with Gasteiger partial charge >= 0.3 is 5.97 Å². The van der Waals surface area contributed by atoms with Crippen molar-refractivity contribution < 1.29 is 14.0 Å². The Morgan fingerprint density at radius 2 is 2.57 bits per heavy atom. The number of hydrogen-bond donors (Lipinski definition) is 1. The summed E-state index contributed by atoms with van der Waals surface area (Å²) in [5, 5.41) is 8.28. The van der Waals surface area contributed by atoms with E-state index in [0.717, 1.165) is 6.08 Å². The Kier molecular flexibility index (Phi) is 0.855. The molecular weight excluding hydrogens is 92.1 g/mol. The minimum absolute atomic E-state index is 0.535. The Hall–Kier alpha value is -0.790. The number of carbonyl (C=O) groups is 1. The van der Waals surface area contributed by atoms with Crippen LogP contribution in [0.3, 0.4) is 0 Å². The third-order valence-corrected chi connectivity index (χ3v) is 0.519. The first-order chi connectivity index (χ1) is 4.39. The summed E-state index contributed by atoms with van der Waals surface area (Å²) in [5.41, 5.74) is -0.535. The van der Waals surface area contributed by atoms with E-state index in [-0.39, 0.29) is 0 Å². The fraction of sp³-hybridized carbons (Fsp3) is 0.400. The molecule has 0 saturated heterocycles. The molecule has 7 heavy (non-hydrogen) atoms. The minimum atomic E-state index is -2.50. The van der Waals surface area contributed by atoms with Crippen molar-refractivity contribution in [3.05, 3.63) is 11.6 Å². The van der Waals surface area contributed by atoms with Crippen LogP contribution >= 0.6 is 0 Å². The van der Waals surface area contributed by atoms with Crippen LogP contribution in [0.1, 0.15) is 17.9 Å². The maximum absolute atomic E-state index is 10.1. The lowest BCUT2D eigenvalue weighted by Crippen LogP contribution is -1.93. The highest BCUT2D eigenvalue weighted by atomic mass is 16.4. The normalized spacial score (nSPS) is 19.6. The van der Waals surface area contributed by atoms with Crippen LogP contribution in [-0.4, -0.2) is 11.1 Å². The lowest BCUT2D eigenvalue weighted by atomic mass is 10.3. The van der Waals surface area contributed by atoms with Crippen LogP contribution < -0.4 is 0 Å². The minimum Gasteiger partial charge on any atom is -0.478 e. The van der Waals surface area contributed by atoms with Crippen LogP contribution in [0.5, 0.6) is 0 Å². The molecule has 0 rings (SSSR count). The molecule has 2 heteroatoms. The van der Waals surface area contributed by atoms with Crippen molar-refractivity contribution in [1.29, 1.82) is 0 Å². The van der Waals surface area contributed by atoms with Crippen molar-refractivity contribution in [1.82, 2.24) is 0 Å². The van der Waals surface area contributed by atoms with E-state index in [1.54, 1.807) is 0 Å². The lowest BCUT2D eigenvalue weighted by Gasteiger charge is -1.84. The largest absolute Gasteiger partial charge is 0.478 e. The Morgan fingerprint density at radius 3 is 2.57 bits per heavy atom. The molecule has 0 aliphatic carbocycles. The molecule has 2 nitrogen and oxygen atoms in total. The van der Waals surface area contributed by atoms with E-state index in [9.17, 15) is 4.79 Å². The molecule has 1 N–H and O–H groups in total. The molecule has 0 aromatic carbocycles. The van der Waals surface area contributed by atoms with Crippen LogP contribution in [0, 0.1) is 0 Å². The fourth-order valence-electron chi connectivity index (χ4n) is 0.123. The topological polar surface area (TPSA) is 37.3 Å². The van der Waals surface area contributed by atoms with Gasteiger partial charge in [0.15, 0.2) is 0 Å². The monoisotopic (exact) mass is 103 g/mol. The first kappa shape index (κ1) is 2.50. The van der Waals surface area contributed by atoms with Gasteiger partial charge in [0.1, 0.15) is 0 Å². The summed E-state index contributed by atoms with van der Waals surface area (Å²) in [6.07, 6.45) is 1.08. The van der Waals surface area contributed by atoms with Gasteiger partial charge in [0.05, 0.1) is 0 Å². The Balaban J connectivity index is 4.56. The summed E-state index contributed by atoms with van der Waals surface area (Å²) in [5.74, 6) is -1.39. The Morgan fingerprint density at radius 1 is 2.00 bits per heavy atom. The zero-order valence-corrected chi connectivity index (χ0v) is 3.93. The molecule has 0 fully saturated rings. The van der Waals surface area contributed by atoms with Gasteiger partial charge in [-0.15, -0.1) is 0 Å². The molecule has 0 aliphatic heterocycles. The van der Waals surface area contributed by atoms with E-state index >= 15 is 0 Å². The number of hydrogen-bond acceptors (Lipinski definition) is 1. The van der Waals surface area contributed by atoms with Gasteiger partial charge in [0.2, 0.25) is 0 Å². The summed E-state index contributed by atoms with van der Waals surface area (Å²) in [6.45, 7) is -1.11. The van der Waals surface area contributed by atoms with Crippen LogP contribution in [0.2, 0.25) is 0 Å². The van der Waals surface area contributed by atoms with Gasteiger partial charge in [0.25, 0.3) is 0 Å². The van der Waals surface area contributed by atoms with Gasteiger partial charge in [-0.05, 0) is 13.8 Å². The van der Waals surface area contributed by atoms with Crippen molar-refractivity contribution in [3.63, 3.8) is 0 Å². The summed E-state index contributed by atoms with van der Waals surface area (Å²) in [4.78, 5) is 10.1. The molecule has 0 saturated carbocycles. The molecule has 0 radical (unpaired) electrons. The van der Waals surface area contributed by atoms with E-state index < -0.39 is 18.4 Å². The molecule has 0 spiro atoms. The molecule has 0 heterocycles. The van der Waals surface area contributed by atoms with Crippen molar-refractivity contribution in [2.24, 2.45) is 0 Å². The predicted molar refractivity (Wildman–Crippen MR) is 27.1 cm³/mol. The first-order valence-electron chi connectivity index (χ1n) is 3.29. The van der Waals surface area contributed by atoms with Gasteiger partial charge in [-0.1, -0.05) is 6.08 Å². The third kappa shape index (κ3) is 1.98. The van der Waals surface area contributed by atoms with E-state index in [1.807, 2.05) is 0 Å². The highest BCUT2D eigenvalue weighted by molar-refractivity contribution is 5.85. The van der Waals surface area contributed by atoms with Crippen molar-refractivity contribution >= 4 is 5.97 Å². The second kappa shape index (κ2) is 2.39. The smallest absolute Gasteiger partial charge is 0.330 e. The highest BCUT2D eigenvalue weighted by Gasteiger charge is 1.93. The number of carboxylic acids is 1. The maximum Gasteiger partial charge on any atom is 0.330 e. The molecule has 0 aromatic rings. The second-order valence-electron chi connectivity index (χ2n) is 1.01. The zero-order valence-electron chi connectivity index (χ0n) is 6.93. The van der Waals surface area contributed by atoms with Crippen molar-refractivity contribution in [2.75, 3.05) is 0 Å². The summed E-state index contributed by atoms with van der Waals surface area (Å²) < 4.78 is 20.1. The SMILES string of the molecule is [2H]C([2H])([2H])/C(=C\C)C(=O)O. The summed E-state index contributed by atoms with van der Waals surface area (Å²) >= 11 is 0. The molecule has 0 unspecified atom stereocenters. The van der Waals surface area contributed by atoms with E-state index in [0.29, 0.717) is 0 Å². The van der Waals surface area contributed by atoms with Crippen LogP contribution in [0.4, 0.5) is 0 Å². The van der Waals surface area contributed by atoms with E-state index in [1.165, 1.54) is 6.92 Å². The highest BCUT2D eigenvalue weighted by Crippen LogP contribution is 1.87. The van der Waals surface area contributed by atoms with Gasteiger partial charge in [-0.3, -0.25) is 0 Å². The van der Waals surface area contributed by atoms with E-state index in [4.69, 9.17) is 9.22 Å². The van der Waals surface area contributed by atoms with Crippen LogP contribution in [0.15, 0.2) is 11.6 Å². The standard InChI is InChI=1S/C5H8O2/c1-3-4(2)5(6)7/h3H,1-2H3,(H,6,7)/b4-3+/i2D3. The summed E-state index contributed by atoms with van der Waals surface area (Å²) in [6, 6.07) is 0.